The number of hydrogen-bond donors (Lipinski definition) is 3. The highest BCUT2D eigenvalue weighted by molar-refractivity contribution is 7.47. The van der Waals surface area contributed by atoms with Crippen LogP contribution in [0.15, 0.2) is 24.3 Å². The molecule has 0 aromatic rings. The van der Waals surface area contributed by atoms with Gasteiger partial charge in [-0.1, -0.05) is 160 Å². The number of likely N-dealkylation sites (N-methyl/N-ethyl adjacent to an activating group) is 1. The second-order valence-electron chi connectivity index (χ2n) is 15.7. The highest BCUT2D eigenvalue weighted by atomic mass is 31.2. The molecule has 0 fully saturated rings. The van der Waals surface area contributed by atoms with Crippen LogP contribution in [0, 0.1) is 0 Å². The van der Waals surface area contributed by atoms with E-state index in [1.54, 1.807) is 6.08 Å². The number of carbonyl (C=O) groups is 1. The van der Waals surface area contributed by atoms with E-state index in [1.165, 1.54) is 128 Å². The van der Waals surface area contributed by atoms with Crippen molar-refractivity contribution in [1.29, 1.82) is 0 Å². The molecule has 3 unspecified atom stereocenters. The lowest BCUT2D eigenvalue weighted by Crippen LogP contribution is -2.45. The molecule has 0 aromatic heterocycles. The lowest BCUT2D eigenvalue weighted by atomic mass is 10.0. The Kier molecular flexibility index (Phi) is 34.0. The molecule has 51 heavy (non-hydrogen) atoms. The Morgan fingerprint density at radius 1 is 0.647 bits per heavy atom. The molecular weight excluding hydrogens is 659 g/mol. The van der Waals surface area contributed by atoms with Gasteiger partial charge in [-0.2, -0.15) is 0 Å². The molecule has 9 heteroatoms. The topological polar surface area (TPSA) is 105 Å². The zero-order valence-corrected chi connectivity index (χ0v) is 35.0. The fourth-order valence-corrected chi connectivity index (χ4v) is 6.71. The Bertz CT molecular complexity index is 891. The average molecular weight is 744 g/mol. The average Bonchev–Trinajstić information content (AvgIpc) is 3.07. The highest BCUT2D eigenvalue weighted by Gasteiger charge is 2.27. The van der Waals surface area contributed by atoms with Crippen LogP contribution in [0.5, 0.6) is 0 Å². The maximum Gasteiger partial charge on any atom is 0.472 e. The van der Waals surface area contributed by atoms with Crippen LogP contribution in [0.4, 0.5) is 0 Å². The van der Waals surface area contributed by atoms with E-state index in [2.05, 4.69) is 31.3 Å². The van der Waals surface area contributed by atoms with Crippen molar-refractivity contribution in [3.63, 3.8) is 0 Å². The second kappa shape index (κ2) is 34.7. The number of aliphatic hydroxyl groups excluding tert-OH is 1. The van der Waals surface area contributed by atoms with E-state index in [4.69, 9.17) is 9.05 Å². The van der Waals surface area contributed by atoms with Gasteiger partial charge < -0.3 is 19.8 Å². The summed E-state index contributed by atoms with van der Waals surface area (Å²) < 4.78 is 23.5. The van der Waals surface area contributed by atoms with Gasteiger partial charge in [0.25, 0.3) is 0 Å². The monoisotopic (exact) mass is 744 g/mol. The van der Waals surface area contributed by atoms with Gasteiger partial charge in [-0.25, -0.2) is 4.57 Å². The van der Waals surface area contributed by atoms with Crippen LogP contribution in [-0.2, 0) is 18.4 Å². The largest absolute Gasteiger partial charge is 0.472 e. The van der Waals surface area contributed by atoms with Crippen molar-refractivity contribution < 1.29 is 32.9 Å². The first-order valence-corrected chi connectivity index (χ1v) is 22.7. The molecule has 0 aromatic carbocycles. The molecule has 0 aliphatic heterocycles. The van der Waals surface area contributed by atoms with Crippen LogP contribution in [0.3, 0.4) is 0 Å². The third-order valence-corrected chi connectivity index (χ3v) is 10.4. The quantitative estimate of drug-likeness (QED) is 0.0252. The summed E-state index contributed by atoms with van der Waals surface area (Å²) in [4.78, 5) is 23.0. The predicted octanol–water partition coefficient (Wildman–Crippen LogP) is 11.4. The first-order chi connectivity index (χ1) is 24.5. The van der Waals surface area contributed by atoms with Crippen LogP contribution in [0.25, 0.3) is 0 Å². The lowest BCUT2D eigenvalue weighted by Gasteiger charge is -2.25. The van der Waals surface area contributed by atoms with Crippen molar-refractivity contribution in [3.05, 3.63) is 24.3 Å². The first kappa shape index (κ1) is 50.0. The summed E-state index contributed by atoms with van der Waals surface area (Å²) in [5, 5.41) is 13.7. The number of rotatable bonds is 38. The number of quaternary nitrogens is 1. The molecule has 0 rings (SSSR count). The maximum absolute atomic E-state index is 12.8. The number of phosphoric ester groups is 1. The minimum absolute atomic E-state index is 0.0619. The van der Waals surface area contributed by atoms with Crippen molar-refractivity contribution in [3.8, 4) is 0 Å². The number of allylic oxidation sites excluding steroid dienone is 3. The van der Waals surface area contributed by atoms with Gasteiger partial charge in [0.2, 0.25) is 5.91 Å². The highest BCUT2D eigenvalue weighted by Crippen LogP contribution is 2.43. The summed E-state index contributed by atoms with van der Waals surface area (Å²) >= 11 is 0. The van der Waals surface area contributed by atoms with E-state index in [9.17, 15) is 19.4 Å². The number of hydrogen-bond acceptors (Lipinski definition) is 5. The Labute approximate surface area is 315 Å². The Morgan fingerprint density at radius 3 is 1.51 bits per heavy atom. The van der Waals surface area contributed by atoms with Gasteiger partial charge in [0.1, 0.15) is 13.2 Å². The standard InChI is InChI=1S/C42H83N2O6P/c1-6-8-10-12-14-16-18-19-20-21-22-23-24-25-26-28-30-32-34-36-42(46)43-40(39-50-51(47,48)49-38-37-44(3,4)5)41(45)35-33-31-29-27-17-15-13-11-9-7-2/h19-20,33,35,40-41,45H,6-18,21-32,34,36-39H2,1-5H3,(H-,43,46,47,48)/p+1/b20-19-,35-33+. The molecule has 0 aliphatic rings. The third kappa shape index (κ3) is 37.1. The molecule has 3 atom stereocenters. The number of aliphatic hydroxyl groups is 1. The summed E-state index contributed by atoms with van der Waals surface area (Å²) in [7, 11) is 1.57. The molecule has 8 nitrogen and oxygen atoms in total. The molecular formula is C42H84N2O6P+. The maximum atomic E-state index is 12.8. The van der Waals surface area contributed by atoms with Crippen molar-refractivity contribution in [2.24, 2.45) is 0 Å². The zero-order chi connectivity index (χ0) is 37.9. The summed E-state index contributed by atoms with van der Waals surface area (Å²) in [6.07, 6.45) is 39.6. The fraction of sp³-hybridized carbons (Fsp3) is 0.881. The zero-order valence-electron chi connectivity index (χ0n) is 34.1. The van der Waals surface area contributed by atoms with Gasteiger partial charge in [0.05, 0.1) is 39.9 Å². The second-order valence-corrected chi connectivity index (χ2v) is 17.2. The number of nitrogens with zero attached hydrogens (tertiary/aromatic N) is 1. The van der Waals surface area contributed by atoms with E-state index in [-0.39, 0.29) is 19.1 Å². The fourth-order valence-electron chi connectivity index (χ4n) is 5.98. The molecule has 0 saturated carbocycles. The first-order valence-electron chi connectivity index (χ1n) is 21.2. The lowest BCUT2D eigenvalue weighted by molar-refractivity contribution is -0.870. The summed E-state index contributed by atoms with van der Waals surface area (Å²) in [6, 6.07) is -0.842. The smallest absolute Gasteiger partial charge is 0.387 e. The van der Waals surface area contributed by atoms with E-state index < -0.39 is 20.0 Å². The number of carbonyl (C=O) groups excluding carboxylic acids is 1. The van der Waals surface area contributed by atoms with Crippen molar-refractivity contribution in [2.45, 2.75) is 199 Å². The predicted molar refractivity (Wildman–Crippen MR) is 217 cm³/mol. The van der Waals surface area contributed by atoms with Crippen LogP contribution in [0.1, 0.15) is 187 Å². The third-order valence-electron chi connectivity index (χ3n) is 9.42. The number of amides is 1. The molecule has 0 bridgehead atoms. The number of phosphoric acid groups is 1. The molecule has 3 N–H and O–H groups in total. The van der Waals surface area contributed by atoms with Gasteiger partial charge in [0.15, 0.2) is 0 Å². The summed E-state index contributed by atoms with van der Waals surface area (Å²) in [5.41, 5.74) is 0. The molecule has 0 saturated heterocycles. The van der Waals surface area contributed by atoms with Gasteiger partial charge in [0, 0.05) is 6.42 Å². The van der Waals surface area contributed by atoms with E-state index in [1.807, 2.05) is 27.2 Å². The van der Waals surface area contributed by atoms with Gasteiger partial charge in [-0.15, -0.1) is 0 Å². The minimum Gasteiger partial charge on any atom is -0.387 e. The van der Waals surface area contributed by atoms with Crippen molar-refractivity contribution in [1.82, 2.24) is 5.32 Å². The van der Waals surface area contributed by atoms with Crippen molar-refractivity contribution in [2.75, 3.05) is 40.9 Å². The Balaban J connectivity index is 4.35. The van der Waals surface area contributed by atoms with Crippen LogP contribution < -0.4 is 5.32 Å². The molecule has 1 amide bonds. The summed E-state index contributed by atoms with van der Waals surface area (Å²) in [6.45, 7) is 4.78. The number of nitrogens with one attached hydrogen (secondary N) is 1. The summed E-state index contributed by atoms with van der Waals surface area (Å²) in [5.74, 6) is -0.182. The van der Waals surface area contributed by atoms with E-state index in [0.717, 1.165) is 38.5 Å². The van der Waals surface area contributed by atoms with Crippen LogP contribution >= 0.6 is 7.82 Å². The van der Waals surface area contributed by atoms with Crippen LogP contribution in [0.2, 0.25) is 0 Å². The van der Waals surface area contributed by atoms with Crippen molar-refractivity contribution >= 4 is 13.7 Å². The Morgan fingerprint density at radius 2 is 1.06 bits per heavy atom. The van der Waals surface area contributed by atoms with Gasteiger partial charge in [-0.05, 0) is 44.9 Å². The molecule has 0 spiro atoms. The SMILES string of the molecule is CCCCCCCC/C=C\CCCCCCCCCCCC(=O)NC(COP(=O)(O)OCC[N+](C)(C)C)C(O)/C=C/CCCCCCCCCC. The van der Waals surface area contributed by atoms with Gasteiger partial charge in [-0.3, -0.25) is 13.8 Å². The number of unbranched alkanes of at least 4 members (excludes halogenated alkanes) is 23. The minimum atomic E-state index is -4.33. The molecule has 0 radical (unpaired) electrons. The van der Waals surface area contributed by atoms with E-state index in [0.29, 0.717) is 17.4 Å². The van der Waals surface area contributed by atoms with Gasteiger partial charge >= 0.3 is 7.82 Å². The Hall–Kier alpha value is -1.02. The molecule has 302 valence electrons. The molecule has 0 heterocycles. The van der Waals surface area contributed by atoms with E-state index >= 15 is 0 Å². The normalized spacial score (nSPS) is 14.7. The van der Waals surface area contributed by atoms with Crippen LogP contribution in [-0.4, -0.2) is 73.4 Å². The molecule has 0 aliphatic carbocycles.